The zero-order chi connectivity index (χ0) is 23.2. The molecule has 0 saturated carbocycles. The van der Waals surface area contributed by atoms with Crippen molar-refractivity contribution in [1.82, 2.24) is 10.2 Å². The minimum Gasteiger partial charge on any atom is -0.539 e. The van der Waals surface area contributed by atoms with Gasteiger partial charge in [-0.2, -0.15) is 0 Å². The van der Waals surface area contributed by atoms with Crippen LogP contribution >= 0.6 is 0 Å². The molecule has 1 fully saturated rings. The van der Waals surface area contributed by atoms with E-state index in [9.17, 15) is 14.7 Å². The van der Waals surface area contributed by atoms with E-state index in [1.165, 1.54) is 9.58 Å². The lowest BCUT2D eigenvalue weighted by Crippen LogP contribution is -2.50. The molecule has 1 N–H and O–H groups in total. The molecule has 10 nitrogen and oxygen atoms in total. The lowest BCUT2D eigenvalue weighted by molar-refractivity contribution is -0.678. The molecule has 3 aromatic rings. The Morgan fingerprint density at radius 1 is 1.24 bits per heavy atom. The van der Waals surface area contributed by atoms with Gasteiger partial charge in [0.15, 0.2) is 5.95 Å². The van der Waals surface area contributed by atoms with Crippen LogP contribution in [0.2, 0.25) is 0 Å². The highest BCUT2D eigenvalue weighted by Crippen LogP contribution is 2.19. The maximum absolute atomic E-state index is 13.0. The third kappa shape index (κ3) is 5.29. The number of hydrogen-bond acceptors (Lipinski definition) is 7. The van der Waals surface area contributed by atoms with Crippen molar-refractivity contribution in [3.8, 4) is 17.4 Å². The average molecular weight is 452 g/mol. The van der Waals surface area contributed by atoms with Gasteiger partial charge in [-0.25, -0.2) is 0 Å². The number of para-hydroxylation sites is 1. The number of nitrogens with one attached hydrogen (secondary N) is 1. The molecule has 2 amide bonds. The van der Waals surface area contributed by atoms with Crippen LogP contribution in [-0.2, 0) is 20.9 Å². The van der Waals surface area contributed by atoms with Gasteiger partial charge in [-0.3, -0.25) is 9.59 Å². The van der Waals surface area contributed by atoms with Crippen molar-refractivity contribution in [2.45, 2.75) is 26.0 Å². The van der Waals surface area contributed by atoms with Crippen LogP contribution in [0.1, 0.15) is 19.0 Å². The van der Waals surface area contributed by atoms with Crippen LogP contribution in [0.3, 0.4) is 0 Å². The lowest BCUT2D eigenvalue weighted by atomic mass is 10.1. The molecule has 1 unspecified atom stereocenters. The first-order chi connectivity index (χ1) is 16.0. The maximum atomic E-state index is 13.0. The van der Waals surface area contributed by atoms with Crippen molar-refractivity contribution in [3.63, 3.8) is 0 Å². The van der Waals surface area contributed by atoms with Crippen molar-refractivity contribution in [3.05, 3.63) is 60.3 Å². The van der Waals surface area contributed by atoms with Crippen LogP contribution in [0.25, 0.3) is 5.69 Å². The summed E-state index contributed by atoms with van der Waals surface area (Å²) in [5.41, 5.74) is 1.45. The van der Waals surface area contributed by atoms with E-state index in [1.54, 1.807) is 36.4 Å². The van der Waals surface area contributed by atoms with Crippen LogP contribution in [0.4, 0.5) is 5.69 Å². The summed E-state index contributed by atoms with van der Waals surface area (Å²) >= 11 is 0. The molecule has 1 aliphatic heterocycles. The zero-order valence-corrected chi connectivity index (χ0v) is 18.1. The van der Waals surface area contributed by atoms with Crippen molar-refractivity contribution < 1.29 is 33.4 Å². The Hall–Kier alpha value is -3.92. The largest absolute Gasteiger partial charge is 0.539 e. The molecule has 172 valence electrons. The summed E-state index contributed by atoms with van der Waals surface area (Å²) in [6, 6.07) is 16.0. The van der Waals surface area contributed by atoms with Crippen molar-refractivity contribution >= 4 is 17.5 Å². The van der Waals surface area contributed by atoms with E-state index >= 15 is 0 Å². The Balaban J connectivity index is 1.39. The summed E-state index contributed by atoms with van der Waals surface area (Å²) in [4.78, 5) is 26.9. The lowest BCUT2D eigenvalue weighted by Gasteiger charge is -2.31. The van der Waals surface area contributed by atoms with Crippen molar-refractivity contribution in [1.29, 1.82) is 0 Å². The molecule has 1 aromatic heterocycles. The summed E-state index contributed by atoms with van der Waals surface area (Å²) in [6.07, 6.45) is -1.09. The summed E-state index contributed by atoms with van der Waals surface area (Å²) in [5, 5.41) is 18.8. The summed E-state index contributed by atoms with van der Waals surface area (Å²) in [6.45, 7) is 2.98. The fourth-order valence-electron chi connectivity index (χ4n) is 3.53. The number of benzene rings is 2. The Labute approximate surface area is 190 Å². The summed E-state index contributed by atoms with van der Waals surface area (Å²) in [5.74, 6) is -0.643. The molecule has 10 heteroatoms. The molecule has 2 aromatic carbocycles. The van der Waals surface area contributed by atoms with Gasteiger partial charge in [-0.05, 0) is 35.9 Å². The normalized spacial score (nSPS) is 16.0. The highest BCUT2D eigenvalue weighted by atomic mass is 16.6. The van der Waals surface area contributed by atoms with Gasteiger partial charge in [-0.1, -0.05) is 18.2 Å². The maximum Gasteiger partial charge on any atom is 0.259 e. The van der Waals surface area contributed by atoms with Crippen LogP contribution < -0.4 is 19.8 Å². The Bertz CT molecular complexity index is 1100. The second-order valence-electron chi connectivity index (χ2n) is 7.38. The molecule has 0 bridgehead atoms. The first kappa shape index (κ1) is 22.3. The number of ether oxygens (including phenoxy) is 2. The highest BCUT2D eigenvalue weighted by molar-refractivity contribution is 5.95. The SMILES string of the molecule is CCOc1ccc(NC(=O)CC2OCCN(Cc3c([O-])on[n+]3-c3ccccc3)C2=O)cc1. The number of aromatic nitrogens is 2. The first-order valence-corrected chi connectivity index (χ1v) is 10.6. The number of morpholine rings is 1. The molecule has 1 saturated heterocycles. The standard InChI is InChI=1S/C23H24N4O6/c1-2-31-18-10-8-16(9-11-18)24-21(28)14-20-22(29)26(12-13-32-20)15-19-23(30)33-25-27(19)17-6-4-3-5-7-17/h3-11,20H,2,12-15H2,1H3,(H-,24,25,28,30). The first-order valence-electron chi connectivity index (χ1n) is 10.6. The van der Waals surface area contributed by atoms with Gasteiger partial charge in [-0.15, -0.1) is 0 Å². The number of nitrogens with zero attached hydrogens (tertiary/aromatic N) is 3. The monoisotopic (exact) mass is 452 g/mol. The molecular formula is C23H24N4O6. The minimum absolute atomic E-state index is 0.00354. The van der Waals surface area contributed by atoms with Crippen molar-refractivity contribution in [2.75, 3.05) is 25.1 Å². The number of anilines is 1. The van der Waals surface area contributed by atoms with E-state index in [4.69, 9.17) is 14.0 Å². The van der Waals surface area contributed by atoms with E-state index in [1.807, 2.05) is 25.1 Å². The molecule has 0 radical (unpaired) electrons. The van der Waals surface area contributed by atoms with Gasteiger partial charge < -0.3 is 29.3 Å². The topological polar surface area (TPSA) is 121 Å². The van der Waals surface area contributed by atoms with Gasteiger partial charge in [0.1, 0.15) is 18.4 Å². The second-order valence-corrected chi connectivity index (χ2v) is 7.38. The van der Waals surface area contributed by atoms with E-state index in [0.29, 0.717) is 23.7 Å². The zero-order valence-electron chi connectivity index (χ0n) is 18.1. The fraction of sp³-hybridized carbons (Fsp3) is 0.304. The molecule has 0 aliphatic carbocycles. The molecule has 2 heterocycles. The number of carbonyl (C=O) groups excluding carboxylic acids is 2. The Morgan fingerprint density at radius 2 is 2.00 bits per heavy atom. The van der Waals surface area contributed by atoms with Crippen molar-refractivity contribution in [2.24, 2.45) is 0 Å². The molecule has 1 aliphatic rings. The van der Waals surface area contributed by atoms with Crippen LogP contribution in [0, 0.1) is 0 Å². The van der Waals surface area contributed by atoms with Gasteiger partial charge in [0, 0.05) is 24.4 Å². The number of amides is 2. The summed E-state index contributed by atoms with van der Waals surface area (Å²) in [7, 11) is 0. The van der Waals surface area contributed by atoms with E-state index in [2.05, 4.69) is 10.6 Å². The third-order valence-electron chi connectivity index (χ3n) is 5.13. The molecule has 0 spiro atoms. The Kier molecular flexibility index (Phi) is 6.84. The Morgan fingerprint density at radius 3 is 2.73 bits per heavy atom. The number of carbonyl (C=O) groups is 2. The molecule has 33 heavy (non-hydrogen) atoms. The van der Waals surface area contributed by atoms with E-state index in [0.717, 1.165) is 0 Å². The fourth-order valence-corrected chi connectivity index (χ4v) is 3.53. The van der Waals surface area contributed by atoms with Crippen LogP contribution in [0.15, 0.2) is 59.1 Å². The van der Waals surface area contributed by atoms with E-state index < -0.39 is 12.1 Å². The van der Waals surface area contributed by atoms with Gasteiger partial charge >= 0.3 is 0 Å². The molecule has 1 atom stereocenters. The van der Waals surface area contributed by atoms with Crippen LogP contribution in [-0.4, -0.2) is 47.8 Å². The van der Waals surface area contributed by atoms with Gasteiger partial charge in [0.25, 0.3) is 11.6 Å². The second kappa shape index (κ2) is 10.1. The number of rotatable bonds is 8. The smallest absolute Gasteiger partial charge is 0.259 e. The van der Waals surface area contributed by atoms with Gasteiger partial charge in [0.2, 0.25) is 11.6 Å². The summed E-state index contributed by atoms with van der Waals surface area (Å²) < 4.78 is 17.1. The average Bonchev–Trinajstić information content (AvgIpc) is 3.18. The molecular weight excluding hydrogens is 428 g/mol. The molecule has 4 rings (SSSR count). The third-order valence-corrected chi connectivity index (χ3v) is 5.13. The van der Waals surface area contributed by atoms with E-state index in [-0.39, 0.29) is 43.6 Å². The minimum atomic E-state index is -0.943. The highest BCUT2D eigenvalue weighted by Gasteiger charge is 2.34. The van der Waals surface area contributed by atoms with Gasteiger partial charge in [0.05, 0.1) is 24.9 Å². The number of hydrogen-bond donors (Lipinski definition) is 1. The van der Waals surface area contributed by atoms with Crippen LogP contribution in [0.5, 0.6) is 11.7 Å². The quantitative estimate of drug-likeness (QED) is 0.510. The predicted octanol–water partition coefficient (Wildman–Crippen LogP) is 1.18. The predicted molar refractivity (Wildman–Crippen MR) is 113 cm³/mol.